The van der Waals surface area contributed by atoms with Crippen molar-refractivity contribution in [2.45, 2.75) is 25.4 Å². The van der Waals surface area contributed by atoms with Gasteiger partial charge >= 0.3 is 6.03 Å². The monoisotopic (exact) mass is 254 g/mol. The van der Waals surface area contributed by atoms with Crippen LogP contribution in [0.2, 0.25) is 0 Å². The Kier molecular flexibility index (Phi) is 4.39. The average Bonchev–Trinajstić information content (AvgIpc) is 2.97. The molecule has 1 atom stereocenters. The highest BCUT2D eigenvalue weighted by Gasteiger charge is 2.28. The molecule has 94 valence electrons. The maximum Gasteiger partial charge on any atom is 0.318 e. The molecule has 5 heteroatoms. The molecule has 1 saturated heterocycles. The van der Waals surface area contributed by atoms with Gasteiger partial charge < -0.3 is 15.0 Å². The molecular formula is C12H18N2O2S. The molecule has 2 rings (SSSR count). The van der Waals surface area contributed by atoms with E-state index in [9.17, 15) is 4.79 Å². The van der Waals surface area contributed by atoms with Crippen LogP contribution >= 0.6 is 11.3 Å². The van der Waals surface area contributed by atoms with Gasteiger partial charge in [0.1, 0.15) is 0 Å². The normalized spacial score (nSPS) is 19.6. The molecule has 1 N–H and O–H groups in total. The largest absolute Gasteiger partial charge is 0.383 e. The lowest BCUT2D eigenvalue weighted by Crippen LogP contribution is -2.44. The van der Waals surface area contributed by atoms with E-state index in [1.165, 1.54) is 4.88 Å². The highest BCUT2D eigenvalue weighted by molar-refractivity contribution is 7.09. The summed E-state index contributed by atoms with van der Waals surface area (Å²) in [5.74, 6) is 0. The molecule has 2 heterocycles. The standard InChI is InChI=1S/C12H18N2O2S/c1-16-9-10-4-2-6-14(10)12(15)13-8-11-5-3-7-17-11/h3,5,7,10H,2,4,6,8-9H2,1H3,(H,13,15)/t10-/m0/s1. The number of thiophene rings is 1. The van der Waals surface area contributed by atoms with Gasteiger partial charge in [-0.25, -0.2) is 4.79 Å². The Balaban J connectivity index is 1.82. The SMILES string of the molecule is COC[C@@H]1CCCN1C(=O)NCc1cccs1. The van der Waals surface area contributed by atoms with Gasteiger partial charge in [0.2, 0.25) is 0 Å². The van der Waals surface area contributed by atoms with Crippen LogP contribution in [0.15, 0.2) is 17.5 Å². The number of carbonyl (C=O) groups is 1. The number of hydrogen-bond donors (Lipinski definition) is 1. The zero-order valence-corrected chi connectivity index (χ0v) is 10.8. The van der Waals surface area contributed by atoms with E-state index >= 15 is 0 Å². The van der Waals surface area contributed by atoms with Gasteiger partial charge in [0.15, 0.2) is 0 Å². The first-order valence-corrected chi connectivity index (χ1v) is 6.75. The van der Waals surface area contributed by atoms with E-state index in [-0.39, 0.29) is 12.1 Å². The lowest BCUT2D eigenvalue weighted by atomic mass is 10.2. The van der Waals surface area contributed by atoms with Gasteiger partial charge in [-0.2, -0.15) is 0 Å². The fourth-order valence-electron chi connectivity index (χ4n) is 2.15. The van der Waals surface area contributed by atoms with Crippen molar-refractivity contribution in [3.8, 4) is 0 Å². The minimum absolute atomic E-state index is 0.0259. The minimum atomic E-state index is 0.0259. The third-order valence-corrected chi connectivity index (χ3v) is 3.87. The van der Waals surface area contributed by atoms with Gasteiger partial charge in [0.05, 0.1) is 19.2 Å². The molecule has 1 aliphatic rings. The Morgan fingerprint density at radius 1 is 1.71 bits per heavy atom. The number of carbonyl (C=O) groups excluding carboxylic acids is 1. The number of nitrogens with zero attached hydrogens (tertiary/aromatic N) is 1. The first-order valence-electron chi connectivity index (χ1n) is 5.87. The average molecular weight is 254 g/mol. The molecule has 0 radical (unpaired) electrons. The van der Waals surface area contributed by atoms with Crippen LogP contribution in [0.3, 0.4) is 0 Å². The third-order valence-electron chi connectivity index (χ3n) is 2.99. The number of urea groups is 1. The predicted octanol–water partition coefficient (Wildman–Crippen LogP) is 2.07. The minimum Gasteiger partial charge on any atom is -0.383 e. The van der Waals surface area contributed by atoms with Crippen LogP contribution in [-0.2, 0) is 11.3 Å². The summed E-state index contributed by atoms with van der Waals surface area (Å²) in [6, 6.07) is 4.29. The summed E-state index contributed by atoms with van der Waals surface area (Å²) in [7, 11) is 1.68. The number of ether oxygens (including phenoxy) is 1. The summed E-state index contributed by atoms with van der Waals surface area (Å²) in [4.78, 5) is 15.1. The van der Waals surface area contributed by atoms with Gasteiger partial charge in [0.25, 0.3) is 0 Å². The molecule has 17 heavy (non-hydrogen) atoms. The van der Waals surface area contributed by atoms with Gasteiger partial charge in [-0.15, -0.1) is 11.3 Å². The first kappa shape index (κ1) is 12.4. The second-order valence-corrected chi connectivity index (χ2v) is 5.22. The van der Waals surface area contributed by atoms with Gasteiger partial charge in [-0.1, -0.05) is 6.07 Å². The number of hydrogen-bond acceptors (Lipinski definition) is 3. The Labute approximate surface area is 106 Å². The molecule has 1 aromatic rings. The van der Waals surface area contributed by atoms with E-state index in [0.29, 0.717) is 13.2 Å². The van der Waals surface area contributed by atoms with Crippen LogP contribution in [-0.4, -0.2) is 37.2 Å². The predicted molar refractivity (Wildman–Crippen MR) is 68.2 cm³/mol. The topological polar surface area (TPSA) is 41.6 Å². The molecule has 4 nitrogen and oxygen atoms in total. The molecule has 0 spiro atoms. The van der Waals surface area contributed by atoms with Crippen LogP contribution in [0.4, 0.5) is 4.79 Å². The van der Waals surface area contributed by atoms with Crippen molar-refractivity contribution < 1.29 is 9.53 Å². The fraction of sp³-hybridized carbons (Fsp3) is 0.583. The highest BCUT2D eigenvalue weighted by Crippen LogP contribution is 2.17. The smallest absolute Gasteiger partial charge is 0.318 e. The molecule has 1 aliphatic heterocycles. The quantitative estimate of drug-likeness (QED) is 0.893. The molecule has 0 bridgehead atoms. The van der Waals surface area contributed by atoms with Gasteiger partial charge in [-0.05, 0) is 24.3 Å². The second kappa shape index (κ2) is 6.02. The summed E-state index contributed by atoms with van der Waals surface area (Å²) in [5.41, 5.74) is 0. The molecule has 0 unspecified atom stereocenters. The summed E-state index contributed by atoms with van der Waals surface area (Å²) in [6.07, 6.45) is 2.11. The summed E-state index contributed by atoms with van der Waals surface area (Å²) >= 11 is 1.66. The van der Waals surface area contributed by atoms with Crippen molar-refractivity contribution in [2.24, 2.45) is 0 Å². The van der Waals surface area contributed by atoms with E-state index in [1.54, 1.807) is 18.4 Å². The number of methoxy groups -OCH3 is 1. The fourth-order valence-corrected chi connectivity index (χ4v) is 2.79. The molecule has 1 fully saturated rings. The first-order chi connectivity index (χ1) is 8.31. The Hall–Kier alpha value is -1.07. The van der Waals surface area contributed by atoms with Crippen LogP contribution in [0.1, 0.15) is 17.7 Å². The summed E-state index contributed by atoms with van der Waals surface area (Å²) in [6.45, 7) is 2.09. The van der Waals surface area contributed by atoms with Crippen LogP contribution in [0.25, 0.3) is 0 Å². The van der Waals surface area contributed by atoms with Crippen molar-refractivity contribution in [1.82, 2.24) is 10.2 Å². The van der Waals surface area contributed by atoms with Crippen molar-refractivity contribution in [3.05, 3.63) is 22.4 Å². The molecule has 0 saturated carbocycles. The van der Waals surface area contributed by atoms with Crippen molar-refractivity contribution >= 4 is 17.4 Å². The maximum atomic E-state index is 12.0. The Morgan fingerprint density at radius 2 is 2.59 bits per heavy atom. The Bertz CT molecular complexity index is 353. The zero-order chi connectivity index (χ0) is 12.1. The number of amides is 2. The van der Waals surface area contributed by atoms with Crippen LogP contribution in [0.5, 0.6) is 0 Å². The van der Waals surface area contributed by atoms with E-state index in [4.69, 9.17) is 4.74 Å². The summed E-state index contributed by atoms with van der Waals surface area (Å²) < 4.78 is 5.14. The van der Waals surface area contributed by atoms with E-state index < -0.39 is 0 Å². The molecule has 1 aromatic heterocycles. The van der Waals surface area contributed by atoms with Crippen LogP contribution in [0, 0.1) is 0 Å². The number of rotatable bonds is 4. The lowest BCUT2D eigenvalue weighted by molar-refractivity contribution is 0.123. The number of nitrogens with one attached hydrogen (secondary N) is 1. The van der Waals surface area contributed by atoms with Gasteiger partial charge in [0, 0.05) is 18.5 Å². The van der Waals surface area contributed by atoms with E-state index in [1.807, 2.05) is 22.4 Å². The van der Waals surface area contributed by atoms with Crippen LogP contribution < -0.4 is 5.32 Å². The van der Waals surface area contributed by atoms with Crippen molar-refractivity contribution in [3.63, 3.8) is 0 Å². The second-order valence-electron chi connectivity index (χ2n) is 4.18. The third kappa shape index (κ3) is 3.20. The Morgan fingerprint density at radius 3 is 3.29 bits per heavy atom. The maximum absolute atomic E-state index is 12.0. The summed E-state index contributed by atoms with van der Waals surface area (Å²) in [5, 5.41) is 4.98. The molecule has 0 aromatic carbocycles. The molecule has 2 amide bonds. The highest BCUT2D eigenvalue weighted by atomic mass is 32.1. The molecule has 0 aliphatic carbocycles. The van der Waals surface area contributed by atoms with E-state index in [0.717, 1.165) is 19.4 Å². The van der Waals surface area contributed by atoms with Gasteiger partial charge in [-0.3, -0.25) is 0 Å². The molecular weight excluding hydrogens is 236 g/mol. The van der Waals surface area contributed by atoms with Crippen molar-refractivity contribution in [2.75, 3.05) is 20.3 Å². The van der Waals surface area contributed by atoms with Crippen molar-refractivity contribution in [1.29, 1.82) is 0 Å². The zero-order valence-electron chi connectivity index (χ0n) is 10.0. The number of likely N-dealkylation sites (tertiary alicyclic amines) is 1. The van der Waals surface area contributed by atoms with E-state index in [2.05, 4.69) is 5.32 Å². The lowest BCUT2D eigenvalue weighted by Gasteiger charge is -2.24.